The molecule has 0 unspecified atom stereocenters. The fourth-order valence-corrected chi connectivity index (χ4v) is 1.63. The Balaban J connectivity index is 2.36. The summed E-state index contributed by atoms with van der Waals surface area (Å²) in [5.74, 6) is -0.469. The SMILES string of the molecule is NC(=O)c1ccc(-c2nccs2)nc1. The van der Waals surface area contributed by atoms with Crippen molar-refractivity contribution in [1.29, 1.82) is 0 Å². The predicted octanol–water partition coefficient (Wildman–Crippen LogP) is 1.30. The van der Waals surface area contributed by atoms with E-state index in [2.05, 4.69) is 9.97 Å². The minimum atomic E-state index is -0.469. The molecule has 2 N–H and O–H groups in total. The molecule has 0 saturated heterocycles. The topological polar surface area (TPSA) is 68.9 Å². The normalized spacial score (nSPS) is 10.0. The van der Waals surface area contributed by atoms with Crippen LogP contribution < -0.4 is 5.73 Å². The molecule has 14 heavy (non-hydrogen) atoms. The van der Waals surface area contributed by atoms with Gasteiger partial charge >= 0.3 is 0 Å². The Bertz CT molecular complexity index is 436. The van der Waals surface area contributed by atoms with Gasteiger partial charge < -0.3 is 5.73 Å². The van der Waals surface area contributed by atoms with E-state index in [1.807, 2.05) is 5.38 Å². The highest BCUT2D eigenvalue weighted by Gasteiger charge is 2.04. The Hall–Kier alpha value is -1.75. The highest BCUT2D eigenvalue weighted by atomic mass is 32.1. The Morgan fingerprint density at radius 1 is 1.36 bits per heavy atom. The van der Waals surface area contributed by atoms with Gasteiger partial charge in [0.25, 0.3) is 0 Å². The number of aromatic nitrogens is 2. The molecule has 0 spiro atoms. The third-order valence-electron chi connectivity index (χ3n) is 1.70. The van der Waals surface area contributed by atoms with E-state index in [0.29, 0.717) is 5.56 Å². The molecule has 70 valence electrons. The van der Waals surface area contributed by atoms with Gasteiger partial charge in [-0.3, -0.25) is 9.78 Å². The number of primary amides is 1. The van der Waals surface area contributed by atoms with Gasteiger partial charge in [0.05, 0.1) is 11.3 Å². The maximum Gasteiger partial charge on any atom is 0.250 e. The van der Waals surface area contributed by atoms with Crippen LogP contribution in [0.1, 0.15) is 10.4 Å². The Labute approximate surface area is 84.4 Å². The maximum atomic E-state index is 10.8. The van der Waals surface area contributed by atoms with Crippen molar-refractivity contribution in [3.63, 3.8) is 0 Å². The Morgan fingerprint density at radius 3 is 2.71 bits per heavy atom. The average Bonchev–Trinajstić information content (AvgIpc) is 2.71. The van der Waals surface area contributed by atoms with Gasteiger partial charge in [-0.15, -0.1) is 11.3 Å². The van der Waals surface area contributed by atoms with Crippen molar-refractivity contribution in [2.75, 3.05) is 0 Å². The molecule has 5 heteroatoms. The first-order valence-corrected chi connectivity index (χ1v) is 4.81. The summed E-state index contributed by atoms with van der Waals surface area (Å²) in [4.78, 5) is 19.0. The van der Waals surface area contributed by atoms with E-state index in [9.17, 15) is 4.79 Å². The zero-order chi connectivity index (χ0) is 9.97. The van der Waals surface area contributed by atoms with Gasteiger partial charge in [0.15, 0.2) is 0 Å². The lowest BCUT2D eigenvalue weighted by Gasteiger charge is -1.96. The number of pyridine rings is 1. The van der Waals surface area contributed by atoms with E-state index < -0.39 is 5.91 Å². The molecule has 0 fully saturated rings. The van der Waals surface area contributed by atoms with Crippen LogP contribution in [0.25, 0.3) is 10.7 Å². The summed E-state index contributed by atoms with van der Waals surface area (Å²) in [6, 6.07) is 3.38. The van der Waals surface area contributed by atoms with Crippen LogP contribution in [0, 0.1) is 0 Å². The van der Waals surface area contributed by atoms with Crippen molar-refractivity contribution >= 4 is 17.2 Å². The van der Waals surface area contributed by atoms with Crippen LogP contribution in [-0.4, -0.2) is 15.9 Å². The van der Waals surface area contributed by atoms with E-state index >= 15 is 0 Å². The van der Waals surface area contributed by atoms with Gasteiger partial charge in [-0.1, -0.05) is 0 Å². The van der Waals surface area contributed by atoms with E-state index in [-0.39, 0.29) is 0 Å². The van der Waals surface area contributed by atoms with Crippen LogP contribution in [-0.2, 0) is 0 Å². The van der Waals surface area contributed by atoms with Crippen LogP contribution in [0.15, 0.2) is 29.9 Å². The van der Waals surface area contributed by atoms with Gasteiger partial charge in [0.2, 0.25) is 5.91 Å². The molecule has 4 nitrogen and oxygen atoms in total. The molecule has 2 heterocycles. The number of hydrogen-bond acceptors (Lipinski definition) is 4. The van der Waals surface area contributed by atoms with Crippen LogP contribution in [0.2, 0.25) is 0 Å². The second-order valence-corrected chi connectivity index (χ2v) is 3.53. The molecule has 0 aliphatic heterocycles. The number of hydrogen-bond donors (Lipinski definition) is 1. The molecule has 2 aromatic heterocycles. The van der Waals surface area contributed by atoms with Crippen LogP contribution in [0.3, 0.4) is 0 Å². The van der Waals surface area contributed by atoms with Gasteiger partial charge in [0.1, 0.15) is 5.01 Å². The van der Waals surface area contributed by atoms with E-state index in [1.165, 1.54) is 17.5 Å². The molecule has 0 saturated carbocycles. The molecule has 0 radical (unpaired) electrons. The number of carbonyl (C=O) groups is 1. The van der Waals surface area contributed by atoms with Crippen molar-refractivity contribution in [2.24, 2.45) is 5.73 Å². The average molecular weight is 205 g/mol. The van der Waals surface area contributed by atoms with E-state index in [4.69, 9.17) is 5.73 Å². The number of nitrogens with zero attached hydrogens (tertiary/aromatic N) is 2. The number of thiazole rings is 1. The predicted molar refractivity (Wildman–Crippen MR) is 53.9 cm³/mol. The van der Waals surface area contributed by atoms with Crippen molar-refractivity contribution in [3.8, 4) is 10.7 Å². The highest BCUT2D eigenvalue weighted by Crippen LogP contribution is 2.18. The standard InChI is InChI=1S/C9H7N3OS/c10-8(13)6-1-2-7(12-5-6)9-11-3-4-14-9/h1-5H,(H2,10,13). The maximum absolute atomic E-state index is 10.8. The minimum Gasteiger partial charge on any atom is -0.366 e. The smallest absolute Gasteiger partial charge is 0.250 e. The fraction of sp³-hybridized carbons (Fsp3) is 0. The molecule has 0 aromatic carbocycles. The number of carbonyl (C=O) groups excluding carboxylic acids is 1. The molecular formula is C9H7N3OS. The van der Waals surface area contributed by atoms with E-state index in [0.717, 1.165) is 10.7 Å². The third kappa shape index (κ3) is 1.62. The second kappa shape index (κ2) is 3.55. The lowest BCUT2D eigenvalue weighted by atomic mass is 10.2. The monoisotopic (exact) mass is 205 g/mol. The Morgan fingerprint density at radius 2 is 2.21 bits per heavy atom. The largest absolute Gasteiger partial charge is 0.366 e. The molecule has 1 amide bonds. The van der Waals surface area contributed by atoms with Gasteiger partial charge in [-0.2, -0.15) is 0 Å². The molecular weight excluding hydrogens is 198 g/mol. The summed E-state index contributed by atoms with van der Waals surface area (Å²) in [6.45, 7) is 0. The minimum absolute atomic E-state index is 0.408. The molecule has 0 aliphatic rings. The van der Waals surface area contributed by atoms with Crippen LogP contribution in [0.5, 0.6) is 0 Å². The van der Waals surface area contributed by atoms with Crippen LogP contribution in [0.4, 0.5) is 0 Å². The summed E-state index contributed by atoms with van der Waals surface area (Å²) < 4.78 is 0. The molecule has 0 aliphatic carbocycles. The quantitative estimate of drug-likeness (QED) is 0.803. The van der Waals surface area contributed by atoms with Crippen LogP contribution >= 0.6 is 11.3 Å². The number of nitrogens with two attached hydrogens (primary N) is 1. The summed E-state index contributed by atoms with van der Waals surface area (Å²) >= 11 is 1.50. The summed E-state index contributed by atoms with van der Waals surface area (Å²) in [5, 5.41) is 2.71. The first kappa shape index (κ1) is 8.83. The number of rotatable bonds is 2. The summed E-state index contributed by atoms with van der Waals surface area (Å²) in [6.07, 6.45) is 3.17. The highest BCUT2D eigenvalue weighted by molar-refractivity contribution is 7.13. The first-order chi connectivity index (χ1) is 6.77. The fourth-order valence-electron chi connectivity index (χ4n) is 1.02. The lowest BCUT2D eigenvalue weighted by Crippen LogP contribution is -2.10. The molecule has 0 bridgehead atoms. The van der Waals surface area contributed by atoms with Crippen molar-refractivity contribution in [2.45, 2.75) is 0 Å². The summed E-state index contributed by atoms with van der Waals surface area (Å²) in [5.41, 5.74) is 6.25. The lowest BCUT2D eigenvalue weighted by molar-refractivity contribution is 0.1000. The van der Waals surface area contributed by atoms with E-state index in [1.54, 1.807) is 18.3 Å². The number of amides is 1. The second-order valence-electron chi connectivity index (χ2n) is 2.63. The van der Waals surface area contributed by atoms with Gasteiger partial charge in [0, 0.05) is 17.8 Å². The zero-order valence-electron chi connectivity index (χ0n) is 7.18. The first-order valence-electron chi connectivity index (χ1n) is 3.93. The Kier molecular flexibility index (Phi) is 2.24. The van der Waals surface area contributed by atoms with Crippen molar-refractivity contribution in [1.82, 2.24) is 9.97 Å². The summed E-state index contributed by atoms with van der Waals surface area (Å²) in [7, 11) is 0. The molecule has 2 rings (SSSR count). The van der Waals surface area contributed by atoms with Crippen molar-refractivity contribution in [3.05, 3.63) is 35.5 Å². The van der Waals surface area contributed by atoms with Crippen molar-refractivity contribution < 1.29 is 4.79 Å². The third-order valence-corrected chi connectivity index (χ3v) is 2.50. The van der Waals surface area contributed by atoms with Gasteiger partial charge in [-0.05, 0) is 12.1 Å². The van der Waals surface area contributed by atoms with Gasteiger partial charge in [-0.25, -0.2) is 4.98 Å². The molecule has 2 aromatic rings. The molecule has 0 atom stereocenters. The zero-order valence-corrected chi connectivity index (χ0v) is 7.99.